The maximum absolute atomic E-state index is 13.2. The number of aromatic nitrogens is 4. The van der Waals surface area contributed by atoms with Gasteiger partial charge in [0.2, 0.25) is 0 Å². The van der Waals surface area contributed by atoms with Crippen LogP contribution in [-0.2, 0) is 11.3 Å². The van der Waals surface area contributed by atoms with Gasteiger partial charge in [0.1, 0.15) is 12.4 Å². The number of carbonyl (C=O) groups is 1. The van der Waals surface area contributed by atoms with Crippen LogP contribution in [0, 0.1) is 36.0 Å². The van der Waals surface area contributed by atoms with Gasteiger partial charge in [-0.2, -0.15) is 0 Å². The summed E-state index contributed by atoms with van der Waals surface area (Å²) in [6.07, 6.45) is 7.87. The Balaban J connectivity index is 1.32. The highest BCUT2D eigenvalue weighted by Gasteiger charge is 2.58. The number of hydrogen-bond donors (Lipinski definition) is 1. The van der Waals surface area contributed by atoms with Crippen LogP contribution in [0.1, 0.15) is 64.6 Å². The zero-order valence-electron chi connectivity index (χ0n) is 18.0. The Kier molecular flexibility index (Phi) is 4.63. The summed E-state index contributed by atoms with van der Waals surface area (Å²) in [7, 11) is 0. The van der Waals surface area contributed by atoms with Gasteiger partial charge in [-0.25, -0.2) is 4.68 Å². The van der Waals surface area contributed by atoms with E-state index >= 15 is 0 Å². The Labute approximate surface area is 173 Å². The summed E-state index contributed by atoms with van der Waals surface area (Å²) in [5, 5.41) is 22.1. The third kappa shape index (κ3) is 3.16. The van der Waals surface area contributed by atoms with Crippen LogP contribution in [0.4, 0.5) is 0 Å². The third-order valence-corrected chi connectivity index (χ3v) is 9.13. The second-order valence-electron chi connectivity index (χ2n) is 10.8. The van der Waals surface area contributed by atoms with Crippen molar-refractivity contribution in [3.05, 3.63) is 5.82 Å². The van der Waals surface area contributed by atoms with Crippen molar-refractivity contribution in [2.45, 2.75) is 83.9 Å². The van der Waals surface area contributed by atoms with Crippen molar-refractivity contribution >= 4 is 5.78 Å². The van der Waals surface area contributed by atoms with Crippen LogP contribution < -0.4 is 0 Å². The second kappa shape index (κ2) is 6.84. The summed E-state index contributed by atoms with van der Waals surface area (Å²) in [5.74, 6) is 3.31. The van der Waals surface area contributed by atoms with Gasteiger partial charge >= 0.3 is 0 Å². The Hall–Kier alpha value is -1.34. The molecule has 2 aliphatic heterocycles. The number of piperidine rings is 2. The molecule has 7 heteroatoms. The number of rotatable bonds is 3. The molecule has 0 spiro atoms. The summed E-state index contributed by atoms with van der Waals surface area (Å²) < 4.78 is 1.65. The summed E-state index contributed by atoms with van der Waals surface area (Å²) in [4.78, 5) is 15.8. The predicted octanol–water partition coefficient (Wildman–Crippen LogP) is 2.23. The Morgan fingerprint density at radius 2 is 1.97 bits per heavy atom. The minimum Gasteiger partial charge on any atom is -0.389 e. The van der Waals surface area contributed by atoms with Crippen molar-refractivity contribution in [2.75, 3.05) is 13.1 Å². The van der Waals surface area contributed by atoms with Crippen molar-refractivity contribution in [1.29, 1.82) is 0 Å². The van der Waals surface area contributed by atoms with Gasteiger partial charge in [-0.15, -0.1) is 5.10 Å². The molecule has 160 valence electrons. The molecule has 29 heavy (non-hydrogen) atoms. The molecule has 3 heterocycles. The molecule has 1 aromatic rings. The van der Waals surface area contributed by atoms with Gasteiger partial charge in [-0.3, -0.25) is 9.69 Å². The van der Waals surface area contributed by atoms with Crippen LogP contribution in [0.25, 0.3) is 0 Å². The van der Waals surface area contributed by atoms with E-state index in [2.05, 4.69) is 27.3 Å². The normalized spacial score (nSPS) is 44.8. The molecule has 1 N–H and O–H groups in total. The molecule has 1 aromatic heterocycles. The van der Waals surface area contributed by atoms with Crippen LogP contribution >= 0.6 is 0 Å². The van der Waals surface area contributed by atoms with E-state index in [9.17, 15) is 9.90 Å². The fourth-order valence-corrected chi connectivity index (χ4v) is 7.71. The van der Waals surface area contributed by atoms with Crippen molar-refractivity contribution in [1.82, 2.24) is 25.1 Å². The molecule has 2 aliphatic carbocycles. The summed E-state index contributed by atoms with van der Waals surface area (Å²) in [6, 6.07) is 0.636. The Morgan fingerprint density at radius 3 is 2.72 bits per heavy atom. The fraction of sp³-hybridized carbons (Fsp3) is 0.909. The van der Waals surface area contributed by atoms with E-state index in [4.69, 9.17) is 0 Å². The number of tetrazole rings is 1. The van der Waals surface area contributed by atoms with E-state index in [1.54, 1.807) is 4.68 Å². The Morgan fingerprint density at radius 1 is 1.14 bits per heavy atom. The summed E-state index contributed by atoms with van der Waals surface area (Å²) in [5.41, 5.74) is -0.395. The number of nitrogens with zero attached hydrogens (tertiary/aromatic N) is 5. The fourth-order valence-electron chi connectivity index (χ4n) is 7.71. The lowest BCUT2D eigenvalue weighted by atomic mass is 9.54. The summed E-state index contributed by atoms with van der Waals surface area (Å²) >= 11 is 0. The van der Waals surface area contributed by atoms with Crippen molar-refractivity contribution in [3.63, 3.8) is 0 Å². The highest BCUT2D eigenvalue weighted by atomic mass is 16.3. The molecule has 0 amide bonds. The minimum atomic E-state index is -0.522. The van der Waals surface area contributed by atoms with Crippen LogP contribution in [-0.4, -0.2) is 60.7 Å². The van der Waals surface area contributed by atoms with E-state index < -0.39 is 5.60 Å². The topological polar surface area (TPSA) is 84.1 Å². The number of fused-ring (bicyclic) bond motifs is 5. The number of ketones is 1. The molecular weight excluding hydrogens is 366 g/mol. The largest absolute Gasteiger partial charge is 0.389 e. The average molecular weight is 402 g/mol. The van der Waals surface area contributed by atoms with E-state index in [0.29, 0.717) is 30.1 Å². The lowest BCUT2D eigenvalue weighted by Gasteiger charge is -2.58. The zero-order chi connectivity index (χ0) is 20.4. The SMILES string of the molecule is Cc1nnnn1CC(=O)[C@H]1CC[C@H]2[C@@H]3CCN4C[C@](C)(O)CC[C@@H]4[C@H]3CC[C@]12C. The molecule has 2 saturated heterocycles. The molecule has 7 atom stereocenters. The zero-order valence-corrected chi connectivity index (χ0v) is 18.0. The maximum atomic E-state index is 13.2. The molecule has 5 rings (SSSR count). The van der Waals surface area contributed by atoms with Gasteiger partial charge in [-0.1, -0.05) is 6.92 Å². The standard InChI is InChI=1S/C22H35N5O2/c1-14-23-24-25-27(14)12-20(28)18-5-4-17-15-8-11-26-13-21(2,29)9-7-19(26)16(15)6-10-22(17,18)3/h15-19,29H,4-13H2,1-3H3/t15-,16+,17+,18-,19-,21-,22+/m1/s1. The minimum absolute atomic E-state index is 0.127. The van der Waals surface area contributed by atoms with Crippen molar-refractivity contribution in [3.8, 4) is 0 Å². The van der Waals surface area contributed by atoms with E-state index in [0.717, 1.165) is 50.6 Å². The van der Waals surface area contributed by atoms with Gasteiger partial charge in [-0.05, 0) is 98.9 Å². The average Bonchev–Trinajstić information content (AvgIpc) is 3.23. The van der Waals surface area contributed by atoms with Crippen molar-refractivity contribution < 1.29 is 9.90 Å². The van der Waals surface area contributed by atoms with E-state index in [-0.39, 0.29) is 11.3 Å². The first-order valence-electron chi connectivity index (χ1n) is 11.5. The van der Waals surface area contributed by atoms with Crippen LogP contribution in [0.15, 0.2) is 0 Å². The molecular formula is C22H35N5O2. The predicted molar refractivity (Wildman–Crippen MR) is 108 cm³/mol. The van der Waals surface area contributed by atoms with Gasteiger partial charge in [0.25, 0.3) is 0 Å². The lowest BCUT2D eigenvalue weighted by Crippen LogP contribution is -2.60. The lowest BCUT2D eigenvalue weighted by molar-refractivity contribution is -0.134. The van der Waals surface area contributed by atoms with Gasteiger partial charge in [0.05, 0.1) is 5.60 Å². The maximum Gasteiger partial charge on any atom is 0.158 e. The van der Waals surface area contributed by atoms with Crippen LogP contribution in [0.3, 0.4) is 0 Å². The summed E-state index contributed by atoms with van der Waals surface area (Å²) in [6.45, 7) is 8.49. The molecule has 0 bridgehead atoms. The first-order chi connectivity index (χ1) is 13.8. The number of aliphatic hydroxyl groups is 1. The molecule has 0 unspecified atom stereocenters. The molecule has 2 saturated carbocycles. The van der Waals surface area contributed by atoms with E-state index in [1.165, 1.54) is 19.3 Å². The number of aryl methyl sites for hydroxylation is 1. The molecule has 4 aliphatic rings. The number of Topliss-reactive ketones (excluding diaryl/α,β-unsaturated/α-hetero) is 1. The van der Waals surface area contributed by atoms with Crippen LogP contribution in [0.5, 0.6) is 0 Å². The molecule has 0 aromatic carbocycles. The van der Waals surface area contributed by atoms with Gasteiger partial charge in [0, 0.05) is 18.5 Å². The third-order valence-electron chi connectivity index (χ3n) is 9.13. The molecule has 4 fully saturated rings. The van der Waals surface area contributed by atoms with Crippen molar-refractivity contribution in [2.24, 2.45) is 29.1 Å². The molecule has 0 radical (unpaired) electrons. The quantitative estimate of drug-likeness (QED) is 0.836. The first-order valence-corrected chi connectivity index (χ1v) is 11.5. The monoisotopic (exact) mass is 401 g/mol. The Bertz CT molecular complexity index is 792. The van der Waals surface area contributed by atoms with Gasteiger partial charge < -0.3 is 5.11 Å². The van der Waals surface area contributed by atoms with E-state index in [1.807, 2.05) is 13.8 Å². The number of hydrogen-bond acceptors (Lipinski definition) is 6. The number of carbonyl (C=O) groups excluding carboxylic acids is 1. The highest BCUT2D eigenvalue weighted by molar-refractivity contribution is 5.82. The smallest absolute Gasteiger partial charge is 0.158 e. The first kappa shape index (κ1) is 19.6. The van der Waals surface area contributed by atoms with Gasteiger partial charge in [0.15, 0.2) is 5.78 Å². The second-order valence-corrected chi connectivity index (χ2v) is 10.8. The molecule has 7 nitrogen and oxygen atoms in total. The highest BCUT2D eigenvalue weighted by Crippen LogP contribution is 2.62. The van der Waals surface area contributed by atoms with Crippen LogP contribution in [0.2, 0.25) is 0 Å².